The van der Waals surface area contributed by atoms with Gasteiger partial charge in [-0.15, -0.1) is 0 Å². The van der Waals surface area contributed by atoms with Gasteiger partial charge in [0.2, 0.25) is 0 Å². The number of hydrogen-bond acceptors (Lipinski definition) is 3. The topological polar surface area (TPSA) is 24.8 Å². The zero-order chi connectivity index (χ0) is 15.4. The molecule has 3 nitrogen and oxygen atoms in total. The van der Waals surface area contributed by atoms with Crippen LogP contribution in [0.2, 0.25) is 0 Å². The van der Waals surface area contributed by atoms with Gasteiger partial charge in [-0.25, -0.2) is 0 Å². The number of benzene rings is 1. The Balaban J connectivity index is 1.94. The van der Waals surface area contributed by atoms with Crippen LogP contribution in [0.5, 0.6) is 0 Å². The molecule has 1 saturated heterocycles. The molecule has 0 spiro atoms. The molecule has 3 rings (SSSR count). The Hall–Kier alpha value is -0.361. The zero-order valence-electron chi connectivity index (χ0n) is 12.8. The zero-order valence-corrected chi connectivity index (χ0v) is 16.7. The number of nitrogens with zero attached hydrogens (tertiary/aromatic N) is 2. The van der Waals surface area contributed by atoms with Gasteiger partial charge in [-0.3, -0.25) is 0 Å². The Morgan fingerprint density at radius 3 is 2.86 bits per heavy atom. The summed E-state index contributed by atoms with van der Waals surface area (Å²) in [6.07, 6.45) is 3.71. The molecule has 0 bridgehead atoms. The fourth-order valence-corrected chi connectivity index (χ4v) is 6.19. The predicted molar refractivity (Wildman–Crippen MR) is 102 cm³/mol. The first-order chi connectivity index (χ1) is 10.8. The third kappa shape index (κ3) is 3.75. The van der Waals surface area contributed by atoms with E-state index in [1.807, 2.05) is 0 Å². The van der Waals surface area contributed by atoms with Crippen molar-refractivity contribution in [2.24, 2.45) is 4.99 Å². The minimum absolute atomic E-state index is 0.302. The number of rotatable bonds is 3. The van der Waals surface area contributed by atoms with E-state index >= 15 is 0 Å². The Morgan fingerprint density at radius 2 is 2.09 bits per heavy atom. The predicted octanol–water partition coefficient (Wildman–Crippen LogP) is 4.02. The molecule has 1 aromatic rings. The number of fused-ring (bicyclic) bond motifs is 1. The Morgan fingerprint density at radius 1 is 1.32 bits per heavy atom. The molecule has 0 aromatic heterocycles. The van der Waals surface area contributed by atoms with Gasteiger partial charge in [-0.05, 0) is 0 Å². The molecule has 2 aliphatic rings. The van der Waals surface area contributed by atoms with Crippen LogP contribution in [-0.4, -0.2) is 50.9 Å². The van der Waals surface area contributed by atoms with Crippen molar-refractivity contribution in [2.75, 3.05) is 26.3 Å². The molecule has 2 aliphatic heterocycles. The van der Waals surface area contributed by atoms with Crippen LogP contribution < -0.4 is 0 Å². The maximum absolute atomic E-state index is 5.48. The molecule has 0 atom stereocenters. The normalized spacial score (nSPS) is 20.5. The number of halogens is 1. The van der Waals surface area contributed by atoms with E-state index in [0.29, 0.717) is 15.0 Å². The number of allylic oxidation sites excluding steroid dienone is 1. The van der Waals surface area contributed by atoms with Gasteiger partial charge in [0.25, 0.3) is 0 Å². The molecule has 1 aromatic carbocycles. The average molecular weight is 475 g/mol. The summed E-state index contributed by atoms with van der Waals surface area (Å²) in [6.45, 7) is 5.85. The number of aliphatic imine (C=N–C) groups is 1. The number of hydrogen-bond donors (Lipinski definition) is 0. The first-order valence-electron chi connectivity index (χ1n) is 7.87. The van der Waals surface area contributed by atoms with E-state index in [4.69, 9.17) is 9.73 Å². The number of ether oxygens (including phenoxy) is 1. The number of unbranched alkanes of at least 4 members (excludes halogenated alkanes) is 1. The van der Waals surface area contributed by atoms with Crippen LogP contribution in [0.15, 0.2) is 32.8 Å². The van der Waals surface area contributed by atoms with Gasteiger partial charge in [0.1, 0.15) is 0 Å². The summed E-state index contributed by atoms with van der Waals surface area (Å²) in [5, 5.41) is 0. The van der Waals surface area contributed by atoms with Crippen molar-refractivity contribution in [1.82, 2.24) is 4.90 Å². The van der Waals surface area contributed by atoms with E-state index in [9.17, 15) is 0 Å². The number of morpholine rings is 1. The Labute approximate surface area is 152 Å². The molecule has 1 fully saturated rings. The van der Waals surface area contributed by atoms with Gasteiger partial charge in [0.15, 0.2) is 0 Å². The number of para-hydroxylation sites is 1. The molecule has 22 heavy (non-hydrogen) atoms. The van der Waals surface area contributed by atoms with Gasteiger partial charge < -0.3 is 0 Å². The van der Waals surface area contributed by atoms with Gasteiger partial charge in [0.05, 0.1) is 0 Å². The van der Waals surface area contributed by atoms with Gasteiger partial charge in [-0.1, -0.05) is 0 Å². The molecule has 118 valence electrons. The molecule has 0 aliphatic carbocycles. The third-order valence-corrected chi connectivity index (χ3v) is 8.26. The number of amidine groups is 1. The Bertz CT molecular complexity index is 594. The van der Waals surface area contributed by atoms with Gasteiger partial charge >= 0.3 is 153 Å². The van der Waals surface area contributed by atoms with E-state index < -0.39 is 0 Å². The fourth-order valence-electron chi connectivity index (χ4n) is 2.57. The second-order valence-electron chi connectivity index (χ2n) is 5.45. The summed E-state index contributed by atoms with van der Waals surface area (Å²) in [6, 6.07) is 8.60. The van der Waals surface area contributed by atoms with E-state index in [2.05, 4.69) is 58.7 Å². The van der Waals surface area contributed by atoms with E-state index in [1.54, 1.807) is 0 Å². The molecule has 0 saturated carbocycles. The van der Waals surface area contributed by atoms with E-state index in [0.717, 1.165) is 32.0 Å². The van der Waals surface area contributed by atoms with Crippen molar-refractivity contribution in [3.8, 4) is 0 Å². The molecular formula is C17H21IN2OSe. The summed E-state index contributed by atoms with van der Waals surface area (Å²) in [4.78, 5) is 7.38. The standard InChI is InChI=1S/C17H21IN2OSe/c1-2-3-7-14(18)16-13-6-4-5-8-15(13)19-17(22-16)20-9-11-21-12-10-20/h4-6,8H,2-3,7,9-12H2,1H3/b16-14-. The minimum atomic E-state index is 0.302. The van der Waals surface area contributed by atoms with Crippen molar-refractivity contribution in [2.45, 2.75) is 26.2 Å². The molecule has 0 N–H and O–H groups in total. The van der Waals surface area contributed by atoms with E-state index in [-0.39, 0.29) is 0 Å². The summed E-state index contributed by atoms with van der Waals surface area (Å²) in [5.74, 6) is 0. The van der Waals surface area contributed by atoms with Gasteiger partial charge in [-0.2, -0.15) is 0 Å². The summed E-state index contributed by atoms with van der Waals surface area (Å²) in [7, 11) is 0. The second kappa shape index (κ2) is 7.95. The summed E-state index contributed by atoms with van der Waals surface area (Å²) < 4.78 is 9.81. The molecule has 2 heterocycles. The monoisotopic (exact) mass is 476 g/mol. The van der Waals surface area contributed by atoms with Crippen LogP contribution in [0, 0.1) is 0 Å². The van der Waals surface area contributed by atoms with Crippen LogP contribution in [0.25, 0.3) is 4.47 Å². The quantitative estimate of drug-likeness (QED) is 0.488. The van der Waals surface area contributed by atoms with Crippen LogP contribution in [0.1, 0.15) is 31.7 Å². The Kier molecular flexibility index (Phi) is 5.96. The van der Waals surface area contributed by atoms with Crippen LogP contribution >= 0.6 is 22.6 Å². The first-order valence-corrected chi connectivity index (χ1v) is 10.7. The van der Waals surface area contributed by atoms with Crippen molar-refractivity contribution in [1.29, 1.82) is 0 Å². The van der Waals surface area contributed by atoms with Gasteiger partial charge in [0, 0.05) is 0 Å². The molecule has 5 heteroatoms. The van der Waals surface area contributed by atoms with E-state index in [1.165, 1.54) is 37.6 Å². The molecule has 0 unspecified atom stereocenters. The molecule has 0 radical (unpaired) electrons. The SMILES string of the molecule is CCCC/C(I)=C1/[Se]C(N2CCOCC2)=Nc2ccccc21. The van der Waals surface area contributed by atoms with Crippen LogP contribution in [-0.2, 0) is 4.74 Å². The molecule has 0 amide bonds. The first kappa shape index (κ1) is 16.5. The summed E-state index contributed by atoms with van der Waals surface area (Å²) in [5.41, 5.74) is 2.48. The maximum atomic E-state index is 5.48. The third-order valence-electron chi connectivity index (χ3n) is 3.84. The van der Waals surface area contributed by atoms with Crippen molar-refractivity contribution in [3.05, 3.63) is 33.4 Å². The van der Waals surface area contributed by atoms with Crippen molar-refractivity contribution in [3.63, 3.8) is 0 Å². The van der Waals surface area contributed by atoms with Crippen LogP contribution in [0.3, 0.4) is 0 Å². The average Bonchev–Trinajstić information content (AvgIpc) is 2.59. The van der Waals surface area contributed by atoms with Crippen molar-refractivity contribution < 1.29 is 4.74 Å². The fraction of sp³-hybridized carbons (Fsp3) is 0.471. The second-order valence-corrected chi connectivity index (χ2v) is 8.80. The molecular weight excluding hydrogens is 454 g/mol. The van der Waals surface area contributed by atoms with Crippen molar-refractivity contribution >= 4 is 52.4 Å². The van der Waals surface area contributed by atoms with Crippen LogP contribution in [0.4, 0.5) is 5.69 Å². The summed E-state index contributed by atoms with van der Waals surface area (Å²) >= 11 is 2.86.